The SMILES string of the molecule is COCC(O)CCNC(=O)C(C1CC1)C1CC1. The summed E-state index contributed by atoms with van der Waals surface area (Å²) in [4.78, 5) is 12.0. The van der Waals surface area contributed by atoms with E-state index in [1.165, 1.54) is 25.7 Å². The van der Waals surface area contributed by atoms with Crippen molar-refractivity contribution in [2.75, 3.05) is 20.3 Å². The monoisotopic (exact) mass is 241 g/mol. The average molecular weight is 241 g/mol. The Bertz CT molecular complexity index is 249. The minimum atomic E-state index is -0.472. The molecule has 2 saturated carbocycles. The van der Waals surface area contributed by atoms with E-state index in [1.807, 2.05) is 0 Å². The minimum Gasteiger partial charge on any atom is -0.391 e. The van der Waals surface area contributed by atoms with Gasteiger partial charge in [-0.2, -0.15) is 0 Å². The van der Waals surface area contributed by atoms with E-state index >= 15 is 0 Å². The molecule has 4 nitrogen and oxygen atoms in total. The van der Waals surface area contributed by atoms with Crippen molar-refractivity contribution in [3.8, 4) is 0 Å². The standard InChI is InChI=1S/C13H23NO3/c1-17-8-11(15)6-7-14-13(16)12(9-2-3-9)10-4-5-10/h9-12,15H,2-8H2,1H3,(H,14,16). The number of nitrogens with one attached hydrogen (secondary N) is 1. The van der Waals surface area contributed by atoms with E-state index in [0.717, 1.165) is 0 Å². The first-order chi connectivity index (χ1) is 8.22. The molecule has 17 heavy (non-hydrogen) atoms. The van der Waals surface area contributed by atoms with Crippen LogP contribution < -0.4 is 5.32 Å². The van der Waals surface area contributed by atoms with Crippen molar-refractivity contribution >= 4 is 5.91 Å². The normalized spacial score (nSPS) is 21.6. The maximum Gasteiger partial charge on any atom is 0.223 e. The number of amides is 1. The van der Waals surface area contributed by atoms with Crippen molar-refractivity contribution in [2.45, 2.75) is 38.2 Å². The lowest BCUT2D eigenvalue weighted by atomic mass is 9.97. The molecule has 0 bridgehead atoms. The molecule has 0 aliphatic heterocycles. The largest absolute Gasteiger partial charge is 0.391 e. The van der Waals surface area contributed by atoms with Crippen molar-refractivity contribution in [3.63, 3.8) is 0 Å². The number of carbonyl (C=O) groups excluding carboxylic acids is 1. The van der Waals surface area contributed by atoms with Gasteiger partial charge in [0.05, 0.1) is 12.7 Å². The summed E-state index contributed by atoms with van der Waals surface area (Å²) in [6, 6.07) is 0. The molecule has 1 amide bonds. The molecule has 4 heteroatoms. The number of hydrogen-bond acceptors (Lipinski definition) is 3. The van der Waals surface area contributed by atoms with Gasteiger partial charge in [0.1, 0.15) is 0 Å². The quantitative estimate of drug-likeness (QED) is 0.665. The van der Waals surface area contributed by atoms with Gasteiger partial charge in [0.15, 0.2) is 0 Å². The van der Waals surface area contributed by atoms with E-state index in [1.54, 1.807) is 7.11 Å². The zero-order valence-electron chi connectivity index (χ0n) is 10.5. The zero-order valence-corrected chi connectivity index (χ0v) is 10.5. The maximum absolute atomic E-state index is 12.0. The van der Waals surface area contributed by atoms with E-state index in [9.17, 15) is 9.90 Å². The van der Waals surface area contributed by atoms with Gasteiger partial charge < -0.3 is 15.2 Å². The van der Waals surface area contributed by atoms with Gasteiger partial charge in [-0.05, 0) is 43.9 Å². The predicted molar refractivity (Wildman–Crippen MR) is 64.4 cm³/mol. The van der Waals surface area contributed by atoms with Crippen LogP contribution in [-0.4, -0.2) is 37.4 Å². The third-order valence-corrected chi connectivity index (χ3v) is 3.70. The molecule has 2 fully saturated rings. The fourth-order valence-electron chi connectivity index (χ4n) is 2.48. The van der Waals surface area contributed by atoms with Crippen LogP contribution in [0.4, 0.5) is 0 Å². The van der Waals surface area contributed by atoms with Crippen molar-refractivity contribution in [3.05, 3.63) is 0 Å². The molecule has 2 N–H and O–H groups in total. The summed E-state index contributed by atoms with van der Waals surface area (Å²) in [6.45, 7) is 0.893. The van der Waals surface area contributed by atoms with Gasteiger partial charge in [0.25, 0.3) is 0 Å². The molecule has 0 spiro atoms. The van der Waals surface area contributed by atoms with Crippen molar-refractivity contribution < 1.29 is 14.6 Å². The molecule has 0 aromatic carbocycles. The topological polar surface area (TPSA) is 58.6 Å². The summed E-state index contributed by atoms with van der Waals surface area (Å²) in [5.74, 6) is 1.76. The second-order valence-electron chi connectivity index (χ2n) is 5.39. The Morgan fingerprint density at radius 3 is 2.41 bits per heavy atom. The Morgan fingerprint density at radius 2 is 1.94 bits per heavy atom. The number of aliphatic hydroxyl groups is 1. The lowest BCUT2D eigenvalue weighted by Crippen LogP contribution is -2.35. The van der Waals surface area contributed by atoms with Crippen LogP contribution in [-0.2, 0) is 9.53 Å². The molecular weight excluding hydrogens is 218 g/mol. The molecule has 98 valence electrons. The third-order valence-electron chi connectivity index (χ3n) is 3.70. The Kier molecular flexibility index (Phi) is 4.40. The molecule has 0 aromatic rings. The van der Waals surface area contributed by atoms with E-state index in [-0.39, 0.29) is 11.8 Å². The van der Waals surface area contributed by atoms with Gasteiger partial charge in [0.2, 0.25) is 5.91 Å². The Balaban J connectivity index is 1.65. The Hall–Kier alpha value is -0.610. The summed E-state index contributed by atoms with van der Waals surface area (Å²) in [6.07, 6.45) is 4.99. The van der Waals surface area contributed by atoms with Crippen LogP contribution in [0, 0.1) is 17.8 Å². The molecular formula is C13H23NO3. The first kappa shape index (κ1) is 12.8. The number of rotatable bonds is 8. The van der Waals surface area contributed by atoms with Crippen molar-refractivity contribution in [1.29, 1.82) is 0 Å². The van der Waals surface area contributed by atoms with Crippen molar-refractivity contribution in [1.82, 2.24) is 5.32 Å². The summed E-state index contributed by atoms with van der Waals surface area (Å²) in [5, 5.41) is 12.4. The second-order valence-corrected chi connectivity index (χ2v) is 5.39. The van der Waals surface area contributed by atoms with Crippen LogP contribution in [0.2, 0.25) is 0 Å². The number of carbonyl (C=O) groups is 1. The Labute approximate surface area is 103 Å². The van der Waals surface area contributed by atoms with Crippen LogP contribution >= 0.6 is 0 Å². The number of ether oxygens (including phenoxy) is 1. The highest BCUT2D eigenvalue weighted by Gasteiger charge is 2.45. The molecule has 2 aliphatic rings. The minimum absolute atomic E-state index is 0.208. The Morgan fingerprint density at radius 1 is 1.35 bits per heavy atom. The zero-order chi connectivity index (χ0) is 12.3. The smallest absolute Gasteiger partial charge is 0.223 e. The third kappa shape index (κ3) is 3.96. The van der Waals surface area contributed by atoms with Crippen LogP contribution in [0.3, 0.4) is 0 Å². The van der Waals surface area contributed by atoms with Gasteiger partial charge in [0, 0.05) is 19.6 Å². The van der Waals surface area contributed by atoms with Gasteiger partial charge in [-0.3, -0.25) is 4.79 Å². The van der Waals surface area contributed by atoms with Gasteiger partial charge in [-0.25, -0.2) is 0 Å². The van der Waals surface area contributed by atoms with Crippen LogP contribution in [0.25, 0.3) is 0 Å². The van der Waals surface area contributed by atoms with Crippen LogP contribution in [0.15, 0.2) is 0 Å². The van der Waals surface area contributed by atoms with E-state index in [2.05, 4.69) is 5.32 Å². The average Bonchev–Trinajstić information content (AvgIpc) is 3.12. The van der Waals surface area contributed by atoms with E-state index in [4.69, 9.17) is 4.74 Å². The van der Waals surface area contributed by atoms with Crippen LogP contribution in [0.5, 0.6) is 0 Å². The molecule has 0 heterocycles. The highest BCUT2D eigenvalue weighted by molar-refractivity contribution is 5.80. The number of aliphatic hydroxyl groups excluding tert-OH is 1. The number of methoxy groups -OCH3 is 1. The molecule has 0 aromatic heterocycles. The van der Waals surface area contributed by atoms with Crippen molar-refractivity contribution in [2.24, 2.45) is 17.8 Å². The summed E-state index contributed by atoms with van der Waals surface area (Å²) < 4.78 is 4.84. The highest BCUT2D eigenvalue weighted by atomic mass is 16.5. The van der Waals surface area contributed by atoms with E-state index in [0.29, 0.717) is 31.4 Å². The summed E-state index contributed by atoms with van der Waals surface area (Å²) >= 11 is 0. The van der Waals surface area contributed by atoms with E-state index < -0.39 is 6.10 Å². The second kappa shape index (κ2) is 5.83. The first-order valence-electron chi connectivity index (χ1n) is 6.67. The van der Waals surface area contributed by atoms with Gasteiger partial charge in [-0.1, -0.05) is 0 Å². The van der Waals surface area contributed by atoms with Gasteiger partial charge >= 0.3 is 0 Å². The highest BCUT2D eigenvalue weighted by Crippen LogP contribution is 2.49. The number of hydrogen-bond donors (Lipinski definition) is 2. The maximum atomic E-state index is 12.0. The molecule has 0 saturated heterocycles. The summed E-state index contributed by atoms with van der Waals surface area (Å²) in [7, 11) is 1.57. The first-order valence-corrected chi connectivity index (χ1v) is 6.67. The molecule has 2 aliphatic carbocycles. The van der Waals surface area contributed by atoms with Crippen LogP contribution in [0.1, 0.15) is 32.1 Å². The van der Waals surface area contributed by atoms with Gasteiger partial charge in [-0.15, -0.1) is 0 Å². The molecule has 2 rings (SSSR count). The molecule has 0 radical (unpaired) electrons. The lowest BCUT2D eigenvalue weighted by molar-refractivity contribution is -0.126. The lowest BCUT2D eigenvalue weighted by Gasteiger charge is -2.16. The molecule has 1 unspecified atom stereocenters. The molecule has 1 atom stereocenters. The summed E-state index contributed by atoms with van der Waals surface area (Å²) in [5.41, 5.74) is 0. The fourth-order valence-corrected chi connectivity index (χ4v) is 2.48. The predicted octanol–water partition coefficient (Wildman–Crippen LogP) is 0.936. The fraction of sp³-hybridized carbons (Fsp3) is 0.923.